The third-order valence-electron chi connectivity index (χ3n) is 1.20. The van der Waals surface area contributed by atoms with E-state index in [4.69, 9.17) is 9.84 Å². The molecule has 1 N–H and O–H groups in total. The average Bonchev–Trinajstić information content (AvgIpc) is 2.43. The SMILES string of the molecule is CC(O)CP(C)(C)=O.CC1CO1.[AlH3].[CH3-].[Cl-].[Cl-].[H-].[Li+].[Mg+2]. The minimum absolute atomic E-state index is 0. The van der Waals surface area contributed by atoms with E-state index < -0.39 is 13.2 Å². The van der Waals surface area contributed by atoms with Crippen molar-refractivity contribution >= 4 is 47.6 Å². The third kappa shape index (κ3) is 51.2. The molecule has 0 aromatic rings. The summed E-state index contributed by atoms with van der Waals surface area (Å²) in [6.45, 7) is 8.05. The van der Waals surface area contributed by atoms with Crippen LogP contribution >= 0.6 is 7.14 Å². The van der Waals surface area contributed by atoms with Gasteiger partial charge in [0.15, 0.2) is 17.4 Å². The Labute approximate surface area is 165 Å². The molecule has 0 saturated carbocycles. The fourth-order valence-electron chi connectivity index (χ4n) is 0.733. The van der Waals surface area contributed by atoms with E-state index in [1.807, 2.05) is 0 Å². The molecule has 0 radical (unpaired) electrons. The molecule has 1 heterocycles. The minimum Gasteiger partial charge on any atom is -1.00 e. The predicted molar refractivity (Wildman–Crippen MR) is 74.6 cm³/mol. The Bertz CT molecular complexity index is 189. The van der Waals surface area contributed by atoms with Crippen molar-refractivity contribution in [1.82, 2.24) is 0 Å². The first kappa shape index (κ1) is 42.8. The van der Waals surface area contributed by atoms with Crippen molar-refractivity contribution in [3.63, 3.8) is 0 Å². The zero-order chi connectivity index (χ0) is 9.78. The van der Waals surface area contributed by atoms with E-state index in [-0.39, 0.29) is 92.9 Å². The van der Waals surface area contributed by atoms with E-state index in [1.54, 1.807) is 20.3 Å². The average molecular weight is 342 g/mol. The zero-order valence-corrected chi connectivity index (χ0v) is 15.6. The smallest absolute Gasteiger partial charge is 1.00 e. The normalized spacial score (nSPS) is 15.9. The number of epoxide rings is 1. The molecule has 106 valence electrons. The van der Waals surface area contributed by atoms with Crippen molar-refractivity contribution in [2.24, 2.45) is 0 Å². The molecule has 0 aromatic heterocycles. The fraction of sp³-hybridized carbons (Fsp3) is 0.889. The first-order valence-electron chi connectivity index (χ1n) is 4.15. The Kier molecular flexibility index (Phi) is 52.1. The van der Waals surface area contributed by atoms with Gasteiger partial charge in [0.25, 0.3) is 0 Å². The Morgan fingerprint density at radius 2 is 1.67 bits per heavy atom. The molecule has 3 nitrogen and oxygen atoms in total. The molecule has 18 heavy (non-hydrogen) atoms. The van der Waals surface area contributed by atoms with Crippen LogP contribution < -0.4 is 43.7 Å². The molecule has 1 aliphatic rings. The molecule has 9 heteroatoms. The molecule has 1 saturated heterocycles. The summed E-state index contributed by atoms with van der Waals surface area (Å²) < 4.78 is 15.6. The van der Waals surface area contributed by atoms with Crippen LogP contribution in [0.25, 0.3) is 0 Å². The second kappa shape index (κ2) is 21.9. The second-order valence-electron chi connectivity index (χ2n) is 3.75. The number of ether oxygens (including phenoxy) is 1. The molecular weight excluding hydrogens is 316 g/mol. The number of aliphatic hydroxyl groups excluding tert-OH is 1. The van der Waals surface area contributed by atoms with Crippen LogP contribution in [-0.4, -0.2) is 83.8 Å². The molecule has 2 unspecified atom stereocenters. The number of rotatable bonds is 2. The number of halogens is 2. The van der Waals surface area contributed by atoms with Crippen LogP contribution in [0.2, 0.25) is 0 Å². The Hall–Kier alpha value is 2.63. The monoisotopic (exact) mass is 341 g/mol. The van der Waals surface area contributed by atoms with Gasteiger partial charge in [-0.2, -0.15) is 0 Å². The van der Waals surface area contributed by atoms with Gasteiger partial charge in [0.05, 0.1) is 26.0 Å². The zero-order valence-electron chi connectivity index (χ0n) is 12.7. The number of hydrogen-bond donors (Lipinski definition) is 1. The van der Waals surface area contributed by atoms with E-state index in [1.165, 1.54) is 0 Å². The van der Waals surface area contributed by atoms with Crippen molar-refractivity contribution in [3.8, 4) is 0 Å². The Balaban J connectivity index is -0.0000000166. The minimum atomic E-state index is -1.97. The maximum Gasteiger partial charge on any atom is 2.00 e. The molecule has 0 aromatic carbocycles. The summed E-state index contributed by atoms with van der Waals surface area (Å²) in [6.07, 6.45) is 0.600. The van der Waals surface area contributed by atoms with E-state index in [2.05, 4.69) is 6.92 Å². The van der Waals surface area contributed by atoms with Crippen molar-refractivity contribution in [2.45, 2.75) is 26.1 Å². The summed E-state index contributed by atoms with van der Waals surface area (Å²) in [5.41, 5.74) is 0. The van der Waals surface area contributed by atoms with Crippen molar-refractivity contribution in [2.75, 3.05) is 26.1 Å². The molecule has 1 fully saturated rings. The maximum absolute atomic E-state index is 10.9. The quantitative estimate of drug-likeness (QED) is 0.235. The first-order valence-corrected chi connectivity index (χ1v) is 6.93. The van der Waals surface area contributed by atoms with E-state index >= 15 is 0 Å². The van der Waals surface area contributed by atoms with Crippen LogP contribution in [0.5, 0.6) is 0 Å². The van der Waals surface area contributed by atoms with Gasteiger partial charge in [-0.25, -0.2) is 0 Å². The topological polar surface area (TPSA) is 49.8 Å². The molecule has 0 spiro atoms. The van der Waals surface area contributed by atoms with Crippen molar-refractivity contribution in [1.29, 1.82) is 0 Å². The van der Waals surface area contributed by atoms with Crippen LogP contribution in [0.3, 0.4) is 0 Å². The Morgan fingerprint density at radius 3 is 1.67 bits per heavy atom. The Morgan fingerprint density at radius 1 is 1.44 bits per heavy atom. The van der Waals surface area contributed by atoms with Gasteiger partial charge in [0.2, 0.25) is 0 Å². The van der Waals surface area contributed by atoms with Gasteiger partial charge < -0.3 is 48.1 Å². The number of aliphatic hydroxyl groups is 1. The van der Waals surface area contributed by atoms with Gasteiger partial charge in [0.1, 0.15) is 0 Å². The molecule has 0 bridgehead atoms. The molecule has 0 amide bonds. The van der Waals surface area contributed by atoms with Crippen LogP contribution in [0.15, 0.2) is 0 Å². The summed E-state index contributed by atoms with van der Waals surface area (Å²) in [5, 5.41) is 8.72. The molecular formula is C9H26AlCl2LiMgO3P-. The van der Waals surface area contributed by atoms with Gasteiger partial charge in [-0.05, 0) is 27.2 Å². The summed E-state index contributed by atoms with van der Waals surface area (Å²) in [4.78, 5) is 0. The van der Waals surface area contributed by atoms with Gasteiger partial charge in [-0.1, -0.05) is 0 Å². The maximum atomic E-state index is 10.9. The standard InChI is InChI=1S/C5H13O2P.C3H6O.CH3.Al.2ClH.Li.Mg.4H/c1-5(6)4-8(2,3)7;1-3-2-4-3;;;;;;;;;;/h5-6H,4H2,1-3H3;3H,2H2,1H3;1H3;;2*1H;;;;;;/q;;-1;;;;+1;+2;;;;-1/p-2. The van der Waals surface area contributed by atoms with Gasteiger partial charge in [-0.3, -0.25) is 0 Å². The second-order valence-corrected chi connectivity index (χ2v) is 7.26. The largest absolute Gasteiger partial charge is 2.00 e. The first-order chi connectivity index (χ1) is 5.31. The van der Waals surface area contributed by atoms with Crippen LogP contribution in [-0.2, 0) is 9.30 Å². The van der Waals surface area contributed by atoms with Gasteiger partial charge in [-0.15, -0.1) is 0 Å². The van der Waals surface area contributed by atoms with E-state index in [0.717, 1.165) is 6.61 Å². The molecule has 2 atom stereocenters. The summed E-state index contributed by atoms with van der Waals surface area (Å²) in [5.74, 6) is 0. The molecule has 1 rings (SSSR count). The van der Waals surface area contributed by atoms with Crippen LogP contribution in [0.4, 0.5) is 0 Å². The predicted octanol–water partition coefficient (Wildman–Crippen LogP) is -8.59. The molecule has 1 aliphatic heterocycles. The van der Waals surface area contributed by atoms with Crippen molar-refractivity contribution in [3.05, 3.63) is 7.43 Å². The summed E-state index contributed by atoms with van der Waals surface area (Å²) in [7, 11) is -1.97. The third-order valence-corrected chi connectivity index (χ3v) is 2.61. The van der Waals surface area contributed by atoms with Gasteiger partial charge in [0, 0.05) is 6.16 Å². The van der Waals surface area contributed by atoms with E-state index in [9.17, 15) is 4.57 Å². The molecule has 0 aliphatic carbocycles. The van der Waals surface area contributed by atoms with E-state index in [0.29, 0.717) is 12.3 Å². The van der Waals surface area contributed by atoms with Crippen LogP contribution in [0, 0.1) is 7.43 Å². The summed E-state index contributed by atoms with van der Waals surface area (Å²) >= 11 is 0. The summed E-state index contributed by atoms with van der Waals surface area (Å²) in [6, 6.07) is 0. The van der Waals surface area contributed by atoms with Gasteiger partial charge >= 0.3 is 41.9 Å². The number of hydrogen-bond acceptors (Lipinski definition) is 3. The van der Waals surface area contributed by atoms with Crippen molar-refractivity contribution < 1.29 is 59.5 Å². The fourth-order valence-corrected chi connectivity index (χ4v) is 2.01. The van der Waals surface area contributed by atoms with Crippen LogP contribution in [0.1, 0.15) is 15.3 Å².